The Kier molecular flexibility index (Phi) is 5.77. The molecule has 0 saturated heterocycles. The molecule has 0 atom stereocenters. The number of benzene rings is 2. The van der Waals surface area contributed by atoms with Crippen LogP contribution in [0.2, 0.25) is 5.02 Å². The molecule has 2 aromatic carbocycles. The van der Waals surface area contributed by atoms with Crippen LogP contribution in [-0.4, -0.2) is 10.8 Å². The maximum absolute atomic E-state index is 12.4. The third-order valence-electron chi connectivity index (χ3n) is 4.07. The number of non-ortho nitro benzene ring substituents is 1. The number of hydrogen-bond donors (Lipinski definition) is 1. The molecule has 0 saturated carbocycles. The summed E-state index contributed by atoms with van der Waals surface area (Å²) in [5, 5.41) is 23.4. The Labute approximate surface area is 171 Å². The molecule has 1 heterocycles. The summed E-state index contributed by atoms with van der Waals surface area (Å²) >= 11 is 5.95. The fourth-order valence-corrected chi connectivity index (χ4v) is 2.74. The second-order valence-electron chi connectivity index (χ2n) is 6.09. The quantitative estimate of drug-likeness (QED) is 0.265. The Morgan fingerprint density at radius 3 is 2.76 bits per heavy atom. The number of hydrogen-bond acceptors (Lipinski definition) is 5. The number of amides is 1. The van der Waals surface area contributed by atoms with Crippen molar-refractivity contribution in [3.05, 3.63) is 86.6 Å². The van der Waals surface area contributed by atoms with E-state index in [1.54, 1.807) is 49.4 Å². The van der Waals surface area contributed by atoms with E-state index in [0.717, 1.165) is 5.56 Å². The molecule has 0 spiro atoms. The molecule has 3 aromatic rings. The molecule has 3 rings (SSSR count). The maximum atomic E-state index is 12.4. The van der Waals surface area contributed by atoms with Gasteiger partial charge in [0.05, 0.1) is 4.92 Å². The van der Waals surface area contributed by atoms with Gasteiger partial charge in [-0.1, -0.05) is 29.8 Å². The Bertz CT molecular complexity index is 1170. The van der Waals surface area contributed by atoms with Crippen molar-refractivity contribution >= 4 is 35.0 Å². The number of halogens is 1. The van der Waals surface area contributed by atoms with Crippen LogP contribution in [0.1, 0.15) is 11.3 Å². The van der Waals surface area contributed by atoms with E-state index in [4.69, 9.17) is 16.0 Å². The predicted octanol–water partition coefficient (Wildman–Crippen LogP) is 5.36. The van der Waals surface area contributed by atoms with Crippen LogP contribution in [0.15, 0.2) is 64.6 Å². The molecule has 0 bridgehead atoms. The Morgan fingerprint density at radius 2 is 2.03 bits per heavy atom. The van der Waals surface area contributed by atoms with Crippen LogP contribution in [0.3, 0.4) is 0 Å². The maximum Gasteiger partial charge on any atom is 0.270 e. The van der Waals surface area contributed by atoms with Gasteiger partial charge in [0.25, 0.3) is 11.6 Å². The van der Waals surface area contributed by atoms with Crippen LogP contribution in [-0.2, 0) is 4.79 Å². The summed E-state index contributed by atoms with van der Waals surface area (Å²) in [5.74, 6) is 0.0375. The van der Waals surface area contributed by atoms with Crippen LogP contribution in [0.5, 0.6) is 0 Å². The third kappa shape index (κ3) is 4.69. The van der Waals surface area contributed by atoms with Crippen LogP contribution < -0.4 is 5.32 Å². The highest BCUT2D eigenvalue weighted by atomic mass is 35.5. The highest BCUT2D eigenvalue weighted by Gasteiger charge is 2.14. The average Bonchev–Trinajstić information content (AvgIpc) is 3.17. The monoisotopic (exact) mass is 407 g/mol. The smallest absolute Gasteiger partial charge is 0.270 e. The predicted molar refractivity (Wildman–Crippen MR) is 109 cm³/mol. The van der Waals surface area contributed by atoms with Crippen LogP contribution in [0.25, 0.3) is 17.4 Å². The highest BCUT2D eigenvalue weighted by Crippen LogP contribution is 2.27. The second-order valence-corrected chi connectivity index (χ2v) is 6.53. The summed E-state index contributed by atoms with van der Waals surface area (Å²) < 4.78 is 5.63. The SMILES string of the molecule is Cc1ccc(Cl)cc1NC(=O)/C(C#N)=C/c1ccc(-c2cccc([N+](=O)[O-])c2)o1. The Hall–Kier alpha value is -3.89. The lowest BCUT2D eigenvalue weighted by Gasteiger charge is -2.08. The second kappa shape index (κ2) is 8.42. The van der Waals surface area contributed by atoms with Gasteiger partial charge >= 0.3 is 0 Å². The number of rotatable bonds is 5. The molecule has 0 aliphatic heterocycles. The molecule has 0 unspecified atom stereocenters. The molecule has 0 fully saturated rings. The van der Waals surface area contributed by atoms with E-state index in [2.05, 4.69) is 5.32 Å². The average molecular weight is 408 g/mol. The van der Waals surface area contributed by atoms with E-state index in [1.165, 1.54) is 18.2 Å². The zero-order chi connectivity index (χ0) is 21.0. The van der Waals surface area contributed by atoms with E-state index in [-0.39, 0.29) is 17.0 Å². The van der Waals surface area contributed by atoms with E-state index in [9.17, 15) is 20.2 Å². The van der Waals surface area contributed by atoms with Crippen LogP contribution in [0.4, 0.5) is 11.4 Å². The van der Waals surface area contributed by atoms with Gasteiger partial charge in [-0.05, 0) is 36.8 Å². The van der Waals surface area contributed by atoms with Crippen molar-refractivity contribution in [3.8, 4) is 17.4 Å². The largest absolute Gasteiger partial charge is 0.457 e. The zero-order valence-electron chi connectivity index (χ0n) is 15.2. The molecule has 1 amide bonds. The summed E-state index contributed by atoms with van der Waals surface area (Å²) in [4.78, 5) is 22.9. The number of anilines is 1. The number of carbonyl (C=O) groups is 1. The standard InChI is InChI=1S/C21H14ClN3O4/c1-13-5-6-16(22)11-19(13)24-21(26)15(12-23)10-18-7-8-20(29-18)14-3-2-4-17(9-14)25(27)28/h2-11H,1H3,(H,24,26)/b15-10+. The van der Waals surface area contributed by atoms with Gasteiger partial charge in [-0.3, -0.25) is 14.9 Å². The number of aryl methyl sites for hydroxylation is 1. The fraction of sp³-hybridized carbons (Fsp3) is 0.0476. The molecular formula is C21H14ClN3O4. The van der Waals surface area contributed by atoms with E-state index >= 15 is 0 Å². The van der Waals surface area contributed by atoms with E-state index in [1.807, 2.05) is 6.07 Å². The third-order valence-corrected chi connectivity index (χ3v) is 4.30. The summed E-state index contributed by atoms with van der Waals surface area (Å²) in [6.45, 7) is 1.81. The van der Waals surface area contributed by atoms with Gasteiger partial charge in [0.15, 0.2) is 0 Å². The molecule has 0 aliphatic carbocycles. The number of nitriles is 1. The Balaban J connectivity index is 1.84. The van der Waals surface area contributed by atoms with Crippen molar-refractivity contribution in [2.24, 2.45) is 0 Å². The number of nitrogens with one attached hydrogen (secondary N) is 1. The molecule has 0 radical (unpaired) electrons. The van der Waals surface area contributed by atoms with Crippen molar-refractivity contribution in [1.82, 2.24) is 0 Å². The van der Waals surface area contributed by atoms with E-state index < -0.39 is 10.8 Å². The Morgan fingerprint density at radius 1 is 1.24 bits per heavy atom. The van der Waals surface area contributed by atoms with Gasteiger partial charge in [-0.2, -0.15) is 5.26 Å². The first-order valence-electron chi connectivity index (χ1n) is 8.41. The van der Waals surface area contributed by atoms with Gasteiger partial charge in [0.2, 0.25) is 0 Å². The summed E-state index contributed by atoms with van der Waals surface area (Å²) in [7, 11) is 0. The van der Waals surface area contributed by atoms with Crippen LogP contribution in [0, 0.1) is 28.4 Å². The van der Waals surface area contributed by atoms with Crippen molar-refractivity contribution in [2.45, 2.75) is 6.92 Å². The fourth-order valence-electron chi connectivity index (χ4n) is 2.57. The number of furan rings is 1. The minimum absolute atomic E-state index is 0.0648. The first kappa shape index (κ1) is 19.9. The number of nitro benzene ring substituents is 1. The minimum atomic E-state index is -0.605. The molecule has 0 aliphatic rings. The van der Waals surface area contributed by atoms with Gasteiger partial charge in [0.1, 0.15) is 23.2 Å². The molecule has 8 heteroatoms. The normalized spacial score (nSPS) is 11.0. The first-order valence-corrected chi connectivity index (χ1v) is 8.79. The molecule has 29 heavy (non-hydrogen) atoms. The van der Waals surface area contributed by atoms with Crippen LogP contribution >= 0.6 is 11.6 Å². The van der Waals surface area contributed by atoms with Gasteiger partial charge in [-0.25, -0.2) is 0 Å². The van der Waals surface area contributed by atoms with Crippen molar-refractivity contribution in [3.63, 3.8) is 0 Å². The summed E-state index contributed by atoms with van der Waals surface area (Å²) in [6.07, 6.45) is 1.30. The topological polar surface area (TPSA) is 109 Å². The molecule has 144 valence electrons. The number of nitro groups is 1. The molecule has 7 nitrogen and oxygen atoms in total. The van der Waals surface area contributed by atoms with Gasteiger partial charge in [-0.15, -0.1) is 0 Å². The zero-order valence-corrected chi connectivity index (χ0v) is 15.9. The first-order chi connectivity index (χ1) is 13.9. The number of nitrogens with zero attached hydrogens (tertiary/aromatic N) is 2. The van der Waals surface area contributed by atoms with Crippen molar-refractivity contribution < 1.29 is 14.1 Å². The number of carbonyl (C=O) groups excluding carboxylic acids is 1. The van der Waals surface area contributed by atoms with Crippen molar-refractivity contribution in [2.75, 3.05) is 5.32 Å². The molecule has 1 aromatic heterocycles. The summed E-state index contributed by atoms with van der Waals surface area (Å²) in [5.41, 5.74) is 1.58. The van der Waals surface area contributed by atoms with E-state index in [0.29, 0.717) is 22.0 Å². The molecular weight excluding hydrogens is 394 g/mol. The minimum Gasteiger partial charge on any atom is -0.457 e. The lowest BCUT2D eigenvalue weighted by atomic mass is 10.1. The highest BCUT2D eigenvalue weighted by molar-refractivity contribution is 6.31. The van der Waals surface area contributed by atoms with Crippen molar-refractivity contribution in [1.29, 1.82) is 5.26 Å². The lowest BCUT2D eigenvalue weighted by Crippen LogP contribution is -2.14. The lowest BCUT2D eigenvalue weighted by molar-refractivity contribution is -0.384. The summed E-state index contributed by atoms with van der Waals surface area (Å²) in [6, 6.07) is 16.1. The van der Waals surface area contributed by atoms with Gasteiger partial charge in [0, 0.05) is 34.5 Å². The van der Waals surface area contributed by atoms with Gasteiger partial charge < -0.3 is 9.73 Å². The molecule has 1 N–H and O–H groups in total.